The molecule has 3 rings (SSSR count). The molecule has 0 aliphatic rings. The molecule has 26 heavy (non-hydrogen) atoms. The summed E-state index contributed by atoms with van der Waals surface area (Å²) < 4.78 is 5.27. The van der Waals surface area contributed by atoms with Crippen molar-refractivity contribution in [3.05, 3.63) is 71.0 Å². The summed E-state index contributed by atoms with van der Waals surface area (Å²) in [6.45, 7) is 2.62. The number of aromatic nitrogens is 3. The maximum absolute atomic E-state index is 6.05. The van der Waals surface area contributed by atoms with Gasteiger partial charge in [-0.1, -0.05) is 42.5 Å². The number of hydrogen-bond acceptors (Lipinski definition) is 6. The minimum Gasteiger partial charge on any atom is -0.497 e. The molecule has 1 atom stereocenters. The zero-order valence-corrected chi connectivity index (χ0v) is 15.4. The Bertz CT molecular complexity index is 860. The van der Waals surface area contributed by atoms with E-state index in [1.807, 2.05) is 61.5 Å². The lowest BCUT2D eigenvalue weighted by molar-refractivity contribution is 0.414. The highest BCUT2D eigenvalue weighted by Crippen LogP contribution is 2.22. The SMILES string of the molecule is COc1cccc([C@@H](C)Nc2nc(Cl)nc(NCc3ccccc3)n2)c1. The van der Waals surface area contributed by atoms with E-state index in [1.165, 1.54) is 0 Å². The zero-order valence-electron chi connectivity index (χ0n) is 14.6. The maximum atomic E-state index is 6.05. The molecule has 2 aromatic carbocycles. The van der Waals surface area contributed by atoms with E-state index in [0.29, 0.717) is 18.4 Å². The molecular formula is C19H20ClN5O. The van der Waals surface area contributed by atoms with Crippen LogP contribution in [0, 0.1) is 0 Å². The quantitative estimate of drug-likeness (QED) is 0.646. The van der Waals surface area contributed by atoms with E-state index in [9.17, 15) is 0 Å². The summed E-state index contributed by atoms with van der Waals surface area (Å²) in [5.41, 5.74) is 2.18. The first kappa shape index (κ1) is 17.9. The number of anilines is 2. The predicted molar refractivity (Wildman–Crippen MR) is 104 cm³/mol. The Morgan fingerprint density at radius 3 is 2.54 bits per heavy atom. The molecule has 3 aromatic rings. The Balaban J connectivity index is 1.70. The summed E-state index contributed by atoms with van der Waals surface area (Å²) in [6.07, 6.45) is 0. The standard InChI is InChI=1S/C19H20ClN5O/c1-13(15-9-6-10-16(11-15)26-2)22-19-24-17(20)23-18(25-19)21-12-14-7-4-3-5-8-14/h3-11,13H,12H2,1-2H3,(H2,21,22,23,24,25)/t13-/m1/s1. The summed E-state index contributed by atoms with van der Waals surface area (Å²) >= 11 is 6.05. The summed E-state index contributed by atoms with van der Waals surface area (Å²) in [6, 6.07) is 17.8. The van der Waals surface area contributed by atoms with Crippen molar-refractivity contribution in [3.63, 3.8) is 0 Å². The van der Waals surface area contributed by atoms with Crippen LogP contribution in [0.2, 0.25) is 5.28 Å². The Labute approximate surface area is 157 Å². The Morgan fingerprint density at radius 2 is 1.77 bits per heavy atom. The number of methoxy groups -OCH3 is 1. The van der Waals surface area contributed by atoms with E-state index in [4.69, 9.17) is 16.3 Å². The van der Waals surface area contributed by atoms with Crippen molar-refractivity contribution in [1.29, 1.82) is 0 Å². The van der Waals surface area contributed by atoms with Gasteiger partial charge in [-0.3, -0.25) is 0 Å². The predicted octanol–water partition coefficient (Wildman–Crippen LogP) is 4.32. The molecule has 0 unspecified atom stereocenters. The van der Waals surface area contributed by atoms with Gasteiger partial charge in [-0.25, -0.2) is 0 Å². The van der Waals surface area contributed by atoms with E-state index >= 15 is 0 Å². The molecular weight excluding hydrogens is 350 g/mol. The van der Waals surface area contributed by atoms with Crippen molar-refractivity contribution in [2.45, 2.75) is 19.5 Å². The first-order valence-corrected chi connectivity index (χ1v) is 8.61. The number of hydrogen-bond donors (Lipinski definition) is 2. The molecule has 0 saturated carbocycles. The third-order valence-corrected chi connectivity index (χ3v) is 4.01. The average molecular weight is 370 g/mol. The van der Waals surface area contributed by atoms with Gasteiger partial charge in [0.05, 0.1) is 13.2 Å². The van der Waals surface area contributed by atoms with E-state index in [0.717, 1.165) is 16.9 Å². The third kappa shape index (κ3) is 4.83. The smallest absolute Gasteiger partial charge is 0.229 e. The fourth-order valence-corrected chi connectivity index (χ4v) is 2.62. The zero-order chi connectivity index (χ0) is 18.4. The molecule has 0 amide bonds. The second-order valence-corrected chi connectivity index (χ2v) is 6.07. The molecule has 0 bridgehead atoms. The van der Waals surface area contributed by atoms with Crippen LogP contribution in [0.15, 0.2) is 54.6 Å². The van der Waals surface area contributed by atoms with Gasteiger partial charge in [-0.2, -0.15) is 15.0 Å². The summed E-state index contributed by atoms with van der Waals surface area (Å²) in [4.78, 5) is 12.7. The molecule has 6 nitrogen and oxygen atoms in total. The minimum absolute atomic E-state index is 0.0226. The van der Waals surface area contributed by atoms with Gasteiger partial charge in [0.1, 0.15) is 5.75 Å². The second kappa shape index (κ2) is 8.49. The second-order valence-electron chi connectivity index (χ2n) is 5.73. The van der Waals surface area contributed by atoms with Gasteiger partial charge >= 0.3 is 0 Å². The van der Waals surface area contributed by atoms with Crippen LogP contribution in [0.1, 0.15) is 24.1 Å². The van der Waals surface area contributed by atoms with Gasteiger partial charge in [-0.05, 0) is 41.8 Å². The van der Waals surface area contributed by atoms with Crippen molar-refractivity contribution < 1.29 is 4.74 Å². The third-order valence-electron chi connectivity index (χ3n) is 3.84. The van der Waals surface area contributed by atoms with Crippen LogP contribution < -0.4 is 15.4 Å². The molecule has 0 fully saturated rings. The summed E-state index contributed by atoms with van der Waals surface area (Å²) in [5.74, 6) is 1.64. The van der Waals surface area contributed by atoms with Crippen LogP contribution >= 0.6 is 11.6 Å². The van der Waals surface area contributed by atoms with E-state index < -0.39 is 0 Å². The highest BCUT2D eigenvalue weighted by Gasteiger charge is 2.11. The van der Waals surface area contributed by atoms with Crippen LogP contribution in [0.4, 0.5) is 11.9 Å². The number of nitrogens with zero attached hydrogens (tertiary/aromatic N) is 3. The van der Waals surface area contributed by atoms with E-state index in [-0.39, 0.29) is 11.3 Å². The van der Waals surface area contributed by atoms with Crippen molar-refractivity contribution >= 4 is 23.5 Å². The van der Waals surface area contributed by atoms with Gasteiger partial charge in [0.25, 0.3) is 0 Å². The van der Waals surface area contributed by atoms with Crippen molar-refractivity contribution in [2.75, 3.05) is 17.7 Å². The first-order chi connectivity index (χ1) is 12.6. The molecule has 0 aliphatic carbocycles. The average Bonchev–Trinajstić information content (AvgIpc) is 2.67. The molecule has 0 saturated heterocycles. The maximum Gasteiger partial charge on any atom is 0.229 e. The fourth-order valence-electron chi connectivity index (χ4n) is 2.46. The molecule has 134 valence electrons. The molecule has 0 radical (unpaired) electrons. The molecule has 1 heterocycles. The Kier molecular flexibility index (Phi) is 5.86. The Hall–Kier alpha value is -2.86. The van der Waals surface area contributed by atoms with Crippen LogP contribution in [0.5, 0.6) is 5.75 Å². The van der Waals surface area contributed by atoms with Gasteiger partial charge in [-0.15, -0.1) is 0 Å². The lowest BCUT2D eigenvalue weighted by Crippen LogP contribution is -2.12. The van der Waals surface area contributed by atoms with Crippen LogP contribution in [-0.4, -0.2) is 22.1 Å². The van der Waals surface area contributed by atoms with Crippen LogP contribution in [0.25, 0.3) is 0 Å². The number of rotatable bonds is 7. The lowest BCUT2D eigenvalue weighted by atomic mass is 10.1. The topological polar surface area (TPSA) is 72.0 Å². The number of ether oxygens (including phenoxy) is 1. The van der Waals surface area contributed by atoms with E-state index in [2.05, 4.69) is 25.6 Å². The number of benzene rings is 2. The highest BCUT2D eigenvalue weighted by atomic mass is 35.5. The van der Waals surface area contributed by atoms with Gasteiger partial charge < -0.3 is 15.4 Å². The molecule has 2 N–H and O–H groups in total. The van der Waals surface area contributed by atoms with Crippen LogP contribution in [-0.2, 0) is 6.54 Å². The Morgan fingerprint density at radius 1 is 1.00 bits per heavy atom. The van der Waals surface area contributed by atoms with Crippen molar-refractivity contribution in [3.8, 4) is 5.75 Å². The highest BCUT2D eigenvalue weighted by molar-refractivity contribution is 6.28. The van der Waals surface area contributed by atoms with Crippen LogP contribution in [0.3, 0.4) is 0 Å². The minimum atomic E-state index is -0.0226. The van der Waals surface area contributed by atoms with Crippen molar-refractivity contribution in [1.82, 2.24) is 15.0 Å². The first-order valence-electron chi connectivity index (χ1n) is 8.24. The normalized spacial score (nSPS) is 11.7. The lowest BCUT2D eigenvalue weighted by Gasteiger charge is -2.15. The van der Waals surface area contributed by atoms with Gasteiger partial charge in [0, 0.05) is 6.54 Å². The molecule has 0 spiro atoms. The monoisotopic (exact) mass is 369 g/mol. The number of nitrogens with one attached hydrogen (secondary N) is 2. The van der Waals surface area contributed by atoms with E-state index in [1.54, 1.807) is 7.11 Å². The van der Waals surface area contributed by atoms with Gasteiger partial charge in [0.2, 0.25) is 17.2 Å². The summed E-state index contributed by atoms with van der Waals surface area (Å²) in [5, 5.41) is 6.55. The largest absolute Gasteiger partial charge is 0.497 e. The van der Waals surface area contributed by atoms with Crippen molar-refractivity contribution in [2.24, 2.45) is 0 Å². The van der Waals surface area contributed by atoms with Gasteiger partial charge in [0.15, 0.2) is 0 Å². The summed E-state index contributed by atoms with van der Waals surface area (Å²) in [7, 11) is 1.65. The molecule has 7 heteroatoms. The molecule has 0 aliphatic heterocycles. The molecule has 1 aromatic heterocycles. The number of halogens is 1. The fraction of sp³-hybridized carbons (Fsp3) is 0.211.